The average Bonchev–Trinajstić information content (AvgIpc) is 2.97. The van der Waals surface area contributed by atoms with Gasteiger partial charge in [-0.1, -0.05) is 32.4 Å². The number of ether oxygens (including phenoxy) is 1. The summed E-state index contributed by atoms with van der Waals surface area (Å²) in [6.45, 7) is 9.57. The Morgan fingerprint density at radius 1 is 1.22 bits per heavy atom. The molecule has 3 saturated carbocycles. The van der Waals surface area contributed by atoms with E-state index in [0.29, 0.717) is 6.42 Å². The lowest BCUT2D eigenvalue weighted by Crippen LogP contribution is -2.70. The van der Waals surface area contributed by atoms with E-state index in [1.165, 1.54) is 12.2 Å². The summed E-state index contributed by atoms with van der Waals surface area (Å²) >= 11 is 13.5. The normalized spacial score (nSPS) is 46.2. The van der Waals surface area contributed by atoms with Crippen molar-refractivity contribution in [2.75, 3.05) is 6.61 Å². The highest BCUT2D eigenvalue weighted by Crippen LogP contribution is 2.71. The van der Waals surface area contributed by atoms with Gasteiger partial charge in [-0.05, 0) is 75.5 Å². The highest BCUT2D eigenvalue weighted by atomic mass is 35.5. The molecule has 200 valence electrons. The van der Waals surface area contributed by atoms with E-state index < -0.39 is 80.9 Å². The summed E-state index contributed by atoms with van der Waals surface area (Å²) in [6, 6.07) is 0. The fourth-order valence-electron chi connectivity index (χ4n) is 7.65. The molecule has 9 unspecified atom stereocenters. The van der Waals surface area contributed by atoms with Crippen LogP contribution in [0.4, 0.5) is 4.39 Å². The summed E-state index contributed by atoms with van der Waals surface area (Å²) in [5, 5.41) is 23.5. The standard InChI is InChI=1S/C27H35Cl2FO6/c1-13-7-14-15-8-18(30)16-9-19(31)17(28)10-24(16,5)26(15,29)20(32)11-25(14,6)27(13,35)21(33)12-36-22(34)23(2,3)4/h9-10,13-15,18,20,32,35H,7-8,11-12H2,1-6H3. The van der Waals surface area contributed by atoms with Crippen LogP contribution in [0.5, 0.6) is 0 Å². The van der Waals surface area contributed by atoms with Crippen LogP contribution < -0.4 is 0 Å². The summed E-state index contributed by atoms with van der Waals surface area (Å²) in [6.07, 6.45) is 0.171. The number of carbonyl (C=O) groups excluding carboxylic acids is 3. The van der Waals surface area contributed by atoms with Crippen LogP contribution >= 0.6 is 23.2 Å². The van der Waals surface area contributed by atoms with Crippen LogP contribution in [0.1, 0.15) is 60.8 Å². The highest BCUT2D eigenvalue weighted by Gasteiger charge is 2.75. The average molecular weight is 545 g/mol. The summed E-state index contributed by atoms with van der Waals surface area (Å²) in [5.74, 6) is -3.29. The van der Waals surface area contributed by atoms with E-state index >= 15 is 4.39 Å². The van der Waals surface area contributed by atoms with Gasteiger partial charge in [0, 0.05) is 10.8 Å². The molecule has 4 aliphatic carbocycles. The zero-order valence-electron chi connectivity index (χ0n) is 21.5. The molecule has 9 heteroatoms. The number of rotatable bonds is 3. The van der Waals surface area contributed by atoms with E-state index in [4.69, 9.17) is 27.9 Å². The first-order chi connectivity index (χ1) is 16.4. The number of halogens is 3. The van der Waals surface area contributed by atoms with Crippen molar-refractivity contribution in [3.05, 3.63) is 22.8 Å². The van der Waals surface area contributed by atoms with Crippen molar-refractivity contribution in [2.24, 2.45) is 34.0 Å². The molecule has 4 aliphatic rings. The van der Waals surface area contributed by atoms with Gasteiger partial charge in [-0.2, -0.15) is 0 Å². The molecule has 0 bridgehead atoms. The molecule has 0 aromatic heterocycles. The third-order valence-electron chi connectivity index (χ3n) is 9.64. The summed E-state index contributed by atoms with van der Waals surface area (Å²) < 4.78 is 20.9. The van der Waals surface area contributed by atoms with Gasteiger partial charge in [0.25, 0.3) is 0 Å². The van der Waals surface area contributed by atoms with Gasteiger partial charge < -0.3 is 14.9 Å². The Bertz CT molecular complexity index is 1080. The summed E-state index contributed by atoms with van der Waals surface area (Å²) in [7, 11) is 0. The molecule has 0 aromatic rings. The summed E-state index contributed by atoms with van der Waals surface area (Å²) in [4.78, 5) is 36.6. The molecule has 0 aliphatic heterocycles. The van der Waals surface area contributed by atoms with Crippen molar-refractivity contribution in [1.29, 1.82) is 0 Å². The first-order valence-electron chi connectivity index (χ1n) is 12.4. The number of ketones is 2. The quantitative estimate of drug-likeness (QED) is 0.406. The summed E-state index contributed by atoms with van der Waals surface area (Å²) in [5.41, 5.74) is -4.91. The molecule has 4 rings (SSSR count). The van der Waals surface area contributed by atoms with Crippen LogP contribution in [0.15, 0.2) is 22.8 Å². The number of fused-ring (bicyclic) bond motifs is 5. The van der Waals surface area contributed by atoms with E-state index in [1.807, 2.05) is 0 Å². The Labute approximate surface area is 221 Å². The second-order valence-electron chi connectivity index (χ2n) is 12.6. The number of hydrogen-bond acceptors (Lipinski definition) is 6. The molecule has 6 nitrogen and oxygen atoms in total. The Balaban J connectivity index is 1.74. The second kappa shape index (κ2) is 8.36. The van der Waals surface area contributed by atoms with Crippen LogP contribution in [-0.4, -0.2) is 57.1 Å². The predicted molar refractivity (Wildman–Crippen MR) is 133 cm³/mol. The Morgan fingerprint density at radius 2 is 1.83 bits per heavy atom. The maximum absolute atomic E-state index is 15.7. The maximum Gasteiger partial charge on any atom is 0.311 e. The number of Topliss-reactive ketones (excluding diaryl/α,β-unsaturated/α-hetero) is 1. The molecule has 9 atom stereocenters. The van der Waals surface area contributed by atoms with E-state index in [0.717, 1.165) is 0 Å². The fraction of sp³-hybridized carbons (Fsp3) is 0.741. The lowest BCUT2D eigenvalue weighted by molar-refractivity contribution is -0.185. The predicted octanol–water partition coefficient (Wildman–Crippen LogP) is 4.28. The monoisotopic (exact) mass is 544 g/mol. The SMILES string of the molecule is CC1CC2C3CC(F)C4=CC(=O)C(Cl)=CC4(C)C3(Cl)C(O)CC2(C)C1(O)C(=O)COC(=O)C(C)(C)C. The highest BCUT2D eigenvalue weighted by molar-refractivity contribution is 6.45. The van der Waals surface area contributed by atoms with Crippen LogP contribution in [-0.2, 0) is 19.1 Å². The van der Waals surface area contributed by atoms with Gasteiger partial charge in [0.2, 0.25) is 5.78 Å². The zero-order chi connectivity index (χ0) is 27.2. The largest absolute Gasteiger partial charge is 0.457 e. The van der Waals surface area contributed by atoms with Crippen molar-refractivity contribution in [1.82, 2.24) is 0 Å². The van der Waals surface area contributed by atoms with Crippen molar-refractivity contribution in [2.45, 2.75) is 83.6 Å². The van der Waals surface area contributed by atoms with Crippen molar-refractivity contribution >= 4 is 40.7 Å². The molecule has 0 radical (unpaired) electrons. The van der Waals surface area contributed by atoms with Crippen LogP contribution in [0.2, 0.25) is 0 Å². The number of aliphatic hydroxyl groups excluding tert-OH is 1. The number of esters is 1. The van der Waals surface area contributed by atoms with Crippen molar-refractivity contribution < 1.29 is 33.7 Å². The molecule has 0 heterocycles. The number of carbonyl (C=O) groups is 3. The van der Waals surface area contributed by atoms with Gasteiger partial charge in [0.15, 0.2) is 12.4 Å². The van der Waals surface area contributed by atoms with Gasteiger partial charge in [-0.15, -0.1) is 11.6 Å². The van der Waals surface area contributed by atoms with Gasteiger partial charge in [0.05, 0.1) is 21.4 Å². The molecule has 36 heavy (non-hydrogen) atoms. The van der Waals surface area contributed by atoms with Gasteiger partial charge in [-0.25, -0.2) is 4.39 Å². The lowest BCUT2D eigenvalue weighted by Gasteiger charge is -2.64. The third kappa shape index (κ3) is 3.45. The smallest absolute Gasteiger partial charge is 0.311 e. The van der Waals surface area contributed by atoms with Crippen LogP contribution in [0.3, 0.4) is 0 Å². The molecular formula is C27H35Cl2FO6. The maximum atomic E-state index is 15.7. The first kappa shape index (κ1) is 27.7. The van der Waals surface area contributed by atoms with Gasteiger partial charge in [-0.3, -0.25) is 14.4 Å². The van der Waals surface area contributed by atoms with Crippen molar-refractivity contribution in [3.8, 4) is 0 Å². The van der Waals surface area contributed by atoms with Gasteiger partial charge >= 0.3 is 5.97 Å². The Hall–Kier alpha value is -1.28. The minimum absolute atomic E-state index is 0.0311. The van der Waals surface area contributed by atoms with Crippen LogP contribution in [0.25, 0.3) is 0 Å². The van der Waals surface area contributed by atoms with Crippen LogP contribution in [0, 0.1) is 34.0 Å². The Morgan fingerprint density at radius 3 is 2.42 bits per heavy atom. The topological polar surface area (TPSA) is 101 Å². The molecular weight excluding hydrogens is 510 g/mol. The third-order valence-corrected chi connectivity index (χ3v) is 10.9. The number of aliphatic hydroxyl groups is 2. The number of alkyl halides is 2. The second-order valence-corrected chi connectivity index (χ2v) is 13.7. The fourth-order valence-corrected chi connectivity index (χ4v) is 8.40. The molecule has 0 saturated heterocycles. The number of allylic oxidation sites excluding steroid dienone is 4. The molecule has 2 N–H and O–H groups in total. The molecule has 0 aromatic carbocycles. The minimum atomic E-state index is -1.91. The number of hydrogen-bond donors (Lipinski definition) is 2. The molecule has 3 fully saturated rings. The molecule has 0 amide bonds. The minimum Gasteiger partial charge on any atom is -0.457 e. The van der Waals surface area contributed by atoms with E-state index in [9.17, 15) is 24.6 Å². The first-order valence-corrected chi connectivity index (χ1v) is 13.2. The van der Waals surface area contributed by atoms with Crippen molar-refractivity contribution in [3.63, 3.8) is 0 Å². The zero-order valence-corrected chi connectivity index (χ0v) is 23.0. The molecule has 0 spiro atoms. The Kier molecular flexibility index (Phi) is 6.44. The van der Waals surface area contributed by atoms with E-state index in [1.54, 1.807) is 41.5 Å². The van der Waals surface area contributed by atoms with Gasteiger partial charge in [0.1, 0.15) is 11.8 Å². The van der Waals surface area contributed by atoms with E-state index in [2.05, 4.69) is 0 Å². The lowest BCUT2D eigenvalue weighted by atomic mass is 9.45. The van der Waals surface area contributed by atoms with E-state index in [-0.39, 0.29) is 23.4 Å².